The van der Waals surface area contributed by atoms with Gasteiger partial charge in [0.1, 0.15) is 0 Å². The van der Waals surface area contributed by atoms with Crippen LogP contribution in [0.25, 0.3) is 50.8 Å². The van der Waals surface area contributed by atoms with Gasteiger partial charge < -0.3 is 14.4 Å². The van der Waals surface area contributed by atoms with E-state index in [1.165, 1.54) is 112 Å². The Morgan fingerprint density at radius 2 is 0.797 bits per heavy atom. The predicted molar refractivity (Wildman–Crippen MR) is 269 cm³/mol. The number of aromatic nitrogens is 1. The Balaban J connectivity index is 0.876. The zero-order valence-corrected chi connectivity index (χ0v) is 36.0. The normalized spacial score (nSPS) is 14.3. The topological polar surface area (TPSA) is 11.4 Å². The molecule has 0 N–H and O–H groups in total. The zero-order valence-electron chi connectivity index (χ0n) is 36.0. The SMILES string of the molecule is CC1(C)c2cc(C=Cc3ccc4c(c3)c3cc(N5c6ccccc6Cc6ccccc65)ccc3n4-c3ccccc3)ccc2-c2ccc(N3c4ccccc4Cc4ccccc43)cc21. The average Bonchev–Trinajstić information content (AvgIpc) is 3.78. The van der Waals surface area contributed by atoms with Crippen molar-refractivity contribution in [1.29, 1.82) is 0 Å². The maximum absolute atomic E-state index is 2.46. The first-order valence-electron chi connectivity index (χ1n) is 22.5. The van der Waals surface area contributed by atoms with Crippen LogP contribution in [0.5, 0.6) is 0 Å². The number of hydrogen-bond acceptors (Lipinski definition) is 2. The second-order valence-corrected chi connectivity index (χ2v) is 18.2. The molecule has 0 amide bonds. The van der Waals surface area contributed by atoms with E-state index in [-0.39, 0.29) is 5.41 Å². The van der Waals surface area contributed by atoms with Crippen LogP contribution >= 0.6 is 0 Å². The number of nitrogens with zero attached hydrogens (tertiary/aromatic N) is 3. The van der Waals surface area contributed by atoms with Crippen LogP contribution in [0, 0.1) is 0 Å². The molecule has 10 aromatic rings. The molecule has 64 heavy (non-hydrogen) atoms. The highest BCUT2D eigenvalue weighted by Gasteiger charge is 2.37. The summed E-state index contributed by atoms with van der Waals surface area (Å²) in [4.78, 5) is 4.91. The molecular formula is C61H45N3. The number of benzene rings is 9. The number of fused-ring (bicyclic) bond motifs is 10. The van der Waals surface area contributed by atoms with Crippen molar-refractivity contribution in [3.8, 4) is 16.8 Å². The molecular weight excluding hydrogens is 775 g/mol. The number of hydrogen-bond donors (Lipinski definition) is 0. The summed E-state index contributed by atoms with van der Waals surface area (Å²) in [7, 11) is 0. The van der Waals surface area contributed by atoms with E-state index in [0.29, 0.717) is 0 Å². The Bertz CT molecular complexity index is 3460. The van der Waals surface area contributed by atoms with E-state index in [0.717, 1.165) is 18.5 Å². The van der Waals surface area contributed by atoms with E-state index in [1.807, 2.05) is 0 Å². The Hall–Kier alpha value is -7.88. The average molecular weight is 820 g/mol. The zero-order chi connectivity index (χ0) is 42.5. The Morgan fingerprint density at radius 1 is 0.375 bits per heavy atom. The minimum absolute atomic E-state index is 0.162. The molecule has 1 aromatic heterocycles. The van der Waals surface area contributed by atoms with Crippen LogP contribution in [0.1, 0.15) is 58.4 Å². The van der Waals surface area contributed by atoms with Gasteiger partial charge in [0.2, 0.25) is 0 Å². The predicted octanol–water partition coefficient (Wildman–Crippen LogP) is 16.0. The van der Waals surface area contributed by atoms with E-state index in [2.05, 4.69) is 241 Å². The summed E-state index contributed by atoms with van der Waals surface area (Å²) in [6.07, 6.45) is 6.47. The minimum atomic E-state index is -0.162. The molecule has 1 aliphatic carbocycles. The van der Waals surface area contributed by atoms with Gasteiger partial charge in [0.15, 0.2) is 0 Å². The molecule has 3 heteroatoms. The smallest absolute Gasteiger partial charge is 0.0542 e. The van der Waals surface area contributed by atoms with Gasteiger partial charge in [-0.3, -0.25) is 0 Å². The van der Waals surface area contributed by atoms with E-state index >= 15 is 0 Å². The molecule has 0 radical (unpaired) electrons. The van der Waals surface area contributed by atoms with Crippen LogP contribution in [0.3, 0.4) is 0 Å². The van der Waals surface area contributed by atoms with Gasteiger partial charge in [-0.15, -0.1) is 0 Å². The second kappa shape index (κ2) is 14.1. The van der Waals surface area contributed by atoms with Gasteiger partial charge in [0, 0.05) is 68.8 Å². The van der Waals surface area contributed by atoms with Crippen molar-refractivity contribution >= 4 is 68.1 Å². The maximum Gasteiger partial charge on any atom is 0.0542 e. The van der Waals surface area contributed by atoms with E-state index < -0.39 is 0 Å². The fourth-order valence-corrected chi connectivity index (χ4v) is 11.0. The van der Waals surface area contributed by atoms with E-state index in [9.17, 15) is 0 Å². The van der Waals surface area contributed by atoms with Crippen molar-refractivity contribution in [3.63, 3.8) is 0 Å². The third-order valence-electron chi connectivity index (χ3n) is 14.1. The van der Waals surface area contributed by atoms with Gasteiger partial charge in [-0.1, -0.05) is 147 Å². The molecule has 9 aromatic carbocycles. The Labute approximate surface area is 374 Å². The summed E-state index contributed by atoms with van der Waals surface area (Å²) in [5.41, 5.74) is 24.0. The van der Waals surface area contributed by atoms with Gasteiger partial charge in [-0.2, -0.15) is 0 Å². The molecule has 2 aliphatic heterocycles. The summed E-state index contributed by atoms with van der Waals surface area (Å²) >= 11 is 0. The van der Waals surface area contributed by atoms with Crippen molar-refractivity contribution in [2.75, 3.05) is 9.80 Å². The van der Waals surface area contributed by atoms with Crippen molar-refractivity contribution in [1.82, 2.24) is 4.57 Å². The van der Waals surface area contributed by atoms with E-state index in [1.54, 1.807) is 0 Å². The summed E-state index contributed by atoms with van der Waals surface area (Å²) in [6.45, 7) is 4.78. The molecule has 0 saturated heterocycles. The molecule has 304 valence electrons. The van der Waals surface area contributed by atoms with Crippen LogP contribution in [0.4, 0.5) is 34.1 Å². The summed E-state index contributed by atoms with van der Waals surface area (Å²) in [5.74, 6) is 0. The third-order valence-corrected chi connectivity index (χ3v) is 14.1. The monoisotopic (exact) mass is 819 g/mol. The quantitative estimate of drug-likeness (QED) is 0.160. The molecule has 3 heterocycles. The maximum atomic E-state index is 2.46. The first-order chi connectivity index (χ1) is 31.5. The van der Waals surface area contributed by atoms with Crippen LogP contribution in [-0.4, -0.2) is 4.57 Å². The molecule has 0 spiro atoms. The highest BCUT2D eigenvalue weighted by atomic mass is 15.2. The van der Waals surface area contributed by atoms with Crippen LogP contribution < -0.4 is 9.80 Å². The first-order valence-corrected chi connectivity index (χ1v) is 22.5. The molecule has 0 atom stereocenters. The van der Waals surface area contributed by atoms with Gasteiger partial charge >= 0.3 is 0 Å². The number of rotatable bonds is 5. The van der Waals surface area contributed by atoms with Crippen molar-refractivity contribution in [3.05, 3.63) is 245 Å². The van der Waals surface area contributed by atoms with Crippen LogP contribution in [0.2, 0.25) is 0 Å². The van der Waals surface area contributed by atoms with Gasteiger partial charge in [-0.05, 0) is 134 Å². The van der Waals surface area contributed by atoms with Gasteiger partial charge in [0.05, 0.1) is 11.0 Å². The first kappa shape index (κ1) is 36.7. The molecule has 0 fully saturated rings. The lowest BCUT2D eigenvalue weighted by Crippen LogP contribution is -2.20. The number of para-hydroxylation sites is 5. The van der Waals surface area contributed by atoms with Crippen molar-refractivity contribution in [2.24, 2.45) is 0 Å². The molecule has 3 nitrogen and oxygen atoms in total. The minimum Gasteiger partial charge on any atom is -0.310 e. The largest absolute Gasteiger partial charge is 0.310 e. The lowest BCUT2D eigenvalue weighted by atomic mass is 9.81. The summed E-state index contributed by atoms with van der Waals surface area (Å²) in [6, 6.07) is 74.2. The molecule has 0 saturated carbocycles. The van der Waals surface area contributed by atoms with Crippen LogP contribution in [-0.2, 0) is 18.3 Å². The molecule has 3 aliphatic rings. The highest BCUT2D eigenvalue weighted by Crippen LogP contribution is 2.52. The fraction of sp³-hybridized carbons (Fsp3) is 0.0820. The molecule has 0 unspecified atom stereocenters. The van der Waals surface area contributed by atoms with Crippen molar-refractivity contribution < 1.29 is 0 Å². The number of anilines is 6. The highest BCUT2D eigenvalue weighted by molar-refractivity contribution is 6.11. The Morgan fingerprint density at radius 3 is 1.38 bits per heavy atom. The van der Waals surface area contributed by atoms with Gasteiger partial charge in [0.25, 0.3) is 0 Å². The van der Waals surface area contributed by atoms with Gasteiger partial charge in [-0.25, -0.2) is 0 Å². The molecule has 13 rings (SSSR count). The fourth-order valence-electron chi connectivity index (χ4n) is 11.0. The summed E-state index contributed by atoms with van der Waals surface area (Å²) in [5, 5.41) is 2.47. The van der Waals surface area contributed by atoms with E-state index in [4.69, 9.17) is 0 Å². The molecule has 0 bridgehead atoms. The van der Waals surface area contributed by atoms with Crippen molar-refractivity contribution in [2.45, 2.75) is 32.1 Å². The third kappa shape index (κ3) is 5.60. The standard InChI is InChI=1S/C61H45N3/c1-61(2)53-35-41(26-30-49(53)50-31-28-48(39-54(50)61)64-57-22-12-8-16-44(57)37-45-17-9-13-23-58(45)64)25-24-40-27-32-59-51(34-40)52-38-47(29-33-60(52)62(59)46-18-4-3-5-19-46)63-55-20-10-6-14-42(55)36-43-15-7-11-21-56(43)63/h3-35,38-39H,36-37H2,1-2H3. The lowest BCUT2D eigenvalue weighted by Gasteiger charge is -2.34. The lowest BCUT2D eigenvalue weighted by molar-refractivity contribution is 0.660. The van der Waals surface area contributed by atoms with Crippen LogP contribution in [0.15, 0.2) is 200 Å². The summed E-state index contributed by atoms with van der Waals surface area (Å²) < 4.78 is 2.41. The Kier molecular flexibility index (Phi) is 8.08. The second-order valence-electron chi connectivity index (χ2n) is 18.2.